The minimum absolute atomic E-state index is 0.566. The van der Waals surface area contributed by atoms with Gasteiger partial charge in [0.2, 0.25) is 0 Å². The van der Waals surface area contributed by atoms with Crippen LogP contribution in [0.4, 0.5) is 0 Å². The Morgan fingerprint density at radius 2 is 1.10 bits per heavy atom. The second-order valence-corrected chi connectivity index (χ2v) is 12.9. The smallest absolute Gasteiger partial charge is 0.164 e. The number of pyridine rings is 1. The van der Waals surface area contributed by atoms with E-state index < -0.39 is 0 Å². The Hall–Kier alpha value is -6.24. The third kappa shape index (κ3) is 4.24. The maximum absolute atomic E-state index is 6.85. The molecule has 0 aliphatic heterocycles. The quantitative estimate of drug-likeness (QED) is 0.193. The van der Waals surface area contributed by atoms with Gasteiger partial charge in [0.25, 0.3) is 0 Å². The molecule has 0 amide bonds. The van der Waals surface area contributed by atoms with E-state index in [-0.39, 0.29) is 0 Å². The summed E-state index contributed by atoms with van der Waals surface area (Å²) in [6, 6.07) is 49.7. The lowest BCUT2D eigenvalue weighted by Crippen LogP contribution is -2.00. The van der Waals surface area contributed by atoms with Crippen molar-refractivity contribution in [2.24, 2.45) is 0 Å². The fourth-order valence-electron chi connectivity index (χ4n) is 6.71. The van der Waals surface area contributed by atoms with Gasteiger partial charge in [-0.3, -0.25) is 0 Å². The lowest BCUT2D eigenvalue weighted by Gasteiger charge is -2.11. The second-order valence-electron chi connectivity index (χ2n) is 11.8. The predicted octanol–water partition coefficient (Wildman–Crippen LogP) is 11.4. The monoisotopic (exact) mass is 632 g/mol. The number of hydrogen-bond acceptors (Lipinski definition) is 6. The molecule has 0 spiro atoms. The summed E-state index contributed by atoms with van der Waals surface area (Å²) in [7, 11) is 0. The number of benzene rings is 6. The Labute approximate surface area is 278 Å². The highest BCUT2D eigenvalue weighted by Crippen LogP contribution is 2.46. The van der Waals surface area contributed by atoms with Gasteiger partial charge in [-0.05, 0) is 42.0 Å². The summed E-state index contributed by atoms with van der Waals surface area (Å²) in [6.45, 7) is 0. The number of furan rings is 1. The van der Waals surface area contributed by atoms with Crippen molar-refractivity contribution in [3.63, 3.8) is 0 Å². The number of nitrogens with zero attached hydrogens (tertiary/aromatic N) is 4. The Morgan fingerprint density at radius 1 is 0.458 bits per heavy atom. The van der Waals surface area contributed by atoms with E-state index in [0.29, 0.717) is 17.5 Å². The Kier molecular flexibility index (Phi) is 5.98. The van der Waals surface area contributed by atoms with E-state index in [0.717, 1.165) is 60.8 Å². The molecule has 0 N–H and O–H groups in total. The molecular formula is C42H24N4OS. The number of aromatic nitrogens is 4. The van der Waals surface area contributed by atoms with Gasteiger partial charge in [0.1, 0.15) is 11.1 Å². The lowest BCUT2D eigenvalue weighted by atomic mass is 9.95. The molecule has 6 heteroatoms. The van der Waals surface area contributed by atoms with Gasteiger partial charge in [0.05, 0.1) is 10.9 Å². The van der Waals surface area contributed by atoms with Crippen LogP contribution in [0.15, 0.2) is 150 Å². The van der Waals surface area contributed by atoms with Crippen molar-refractivity contribution in [3.8, 4) is 45.3 Å². The van der Waals surface area contributed by atoms with Crippen molar-refractivity contribution in [1.29, 1.82) is 0 Å². The first-order chi connectivity index (χ1) is 23.8. The van der Waals surface area contributed by atoms with Crippen molar-refractivity contribution in [2.75, 3.05) is 0 Å². The van der Waals surface area contributed by atoms with Gasteiger partial charge < -0.3 is 4.42 Å². The lowest BCUT2D eigenvalue weighted by molar-refractivity contribution is 0.670. The molecule has 224 valence electrons. The minimum atomic E-state index is 0.566. The van der Waals surface area contributed by atoms with Crippen molar-refractivity contribution in [1.82, 2.24) is 19.9 Å². The number of fused-ring (bicyclic) bond motifs is 7. The zero-order valence-electron chi connectivity index (χ0n) is 25.5. The highest BCUT2D eigenvalue weighted by Gasteiger charge is 2.23. The zero-order chi connectivity index (χ0) is 31.6. The molecular weight excluding hydrogens is 609 g/mol. The standard InChI is InChI=1S/C42H24N4OS/c1-3-12-25(13-4-1)40-44-41(26-14-5-2-6-15-26)46-42(45-40)31-23-22-29(28-18-11-21-35-36(28)30-17-8-10-20-34(30)48-35)39-37(31)38-33(47-39)24-27-16-7-9-19-32(27)43-38/h1-24H. The van der Waals surface area contributed by atoms with E-state index in [2.05, 4.69) is 66.7 Å². The maximum Gasteiger partial charge on any atom is 0.164 e. The van der Waals surface area contributed by atoms with Crippen LogP contribution in [0.25, 0.3) is 98.4 Å². The third-order valence-corrected chi connectivity index (χ3v) is 10.1. The van der Waals surface area contributed by atoms with E-state index in [1.807, 2.05) is 90.2 Å². The molecule has 10 rings (SSSR count). The molecule has 4 heterocycles. The van der Waals surface area contributed by atoms with Crippen molar-refractivity contribution in [2.45, 2.75) is 0 Å². The fraction of sp³-hybridized carbons (Fsp3) is 0. The van der Waals surface area contributed by atoms with E-state index in [4.69, 9.17) is 24.4 Å². The molecule has 5 nitrogen and oxygen atoms in total. The minimum Gasteiger partial charge on any atom is -0.454 e. The van der Waals surface area contributed by atoms with Gasteiger partial charge in [-0.25, -0.2) is 19.9 Å². The van der Waals surface area contributed by atoms with E-state index in [1.165, 1.54) is 20.2 Å². The summed E-state index contributed by atoms with van der Waals surface area (Å²) in [5.74, 6) is 1.78. The fourth-order valence-corrected chi connectivity index (χ4v) is 7.85. The van der Waals surface area contributed by atoms with Crippen LogP contribution in [0.3, 0.4) is 0 Å². The van der Waals surface area contributed by atoms with Crippen molar-refractivity contribution < 1.29 is 4.42 Å². The van der Waals surface area contributed by atoms with Crippen molar-refractivity contribution >= 4 is 64.5 Å². The van der Waals surface area contributed by atoms with Gasteiger partial charge in [-0.2, -0.15) is 0 Å². The topological polar surface area (TPSA) is 64.7 Å². The van der Waals surface area contributed by atoms with Crippen LogP contribution in [0.1, 0.15) is 0 Å². The van der Waals surface area contributed by atoms with Crippen LogP contribution in [0.2, 0.25) is 0 Å². The molecule has 4 aromatic heterocycles. The molecule has 0 aliphatic rings. The summed E-state index contributed by atoms with van der Waals surface area (Å²) in [4.78, 5) is 20.3. The first kappa shape index (κ1) is 26.9. The molecule has 10 aromatic rings. The molecule has 0 aliphatic carbocycles. The van der Waals surface area contributed by atoms with Gasteiger partial charge in [0.15, 0.2) is 23.1 Å². The summed E-state index contributed by atoms with van der Waals surface area (Å²) in [5.41, 5.74) is 7.98. The van der Waals surface area contributed by atoms with Crippen LogP contribution >= 0.6 is 11.3 Å². The first-order valence-electron chi connectivity index (χ1n) is 15.8. The first-order valence-corrected chi connectivity index (χ1v) is 16.6. The normalized spacial score (nSPS) is 11.8. The summed E-state index contributed by atoms with van der Waals surface area (Å²) in [5, 5.41) is 4.37. The number of thiophene rings is 1. The van der Waals surface area contributed by atoms with Crippen molar-refractivity contribution in [3.05, 3.63) is 146 Å². The van der Waals surface area contributed by atoms with Gasteiger partial charge in [-0.1, -0.05) is 109 Å². The van der Waals surface area contributed by atoms with E-state index in [1.54, 1.807) is 0 Å². The Morgan fingerprint density at radius 3 is 1.90 bits per heavy atom. The summed E-state index contributed by atoms with van der Waals surface area (Å²) in [6.07, 6.45) is 0. The molecule has 0 radical (unpaired) electrons. The molecule has 0 atom stereocenters. The van der Waals surface area contributed by atoms with Crippen LogP contribution in [-0.2, 0) is 0 Å². The van der Waals surface area contributed by atoms with E-state index in [9.17, 15) is 0 Å². The predicted molar refractivity (Wildman–Crippen MR) is 197 cm³/mol. The van der Waals surface area contributed by atoms with E-state index >= 15 is 0 Å². The molecule has 0 unspecified atom stereocenters. The molecule has 6 aromatic carbocycles. The number of hydrogen-bond donors (Lipinski definition) is 0. The molecule has 0 fully saturated rings. The Bertz CT molecular complexity index is 2780. The van der Waals surface area contributed by atoms with Crippen LogP contribution in [0.5, 0.6) is 0 Å². The van der Waals surface area contributed by atoms with Gasteiger partial charge in [0, 0.05) is 47.8 Å². The van der Waals surface area contributed by atoms with Crippen LogP contribution < -0.4 is 0 Å². The van der Waals surface area contributed by atoms with Crippen LogP contribution in [-0.4, -0.2) is 19.9 Å². The van der Waals surface area contributed by atoms with Crippen LogP contribution in [0, 0.1) is 0 Å². The molecule has 48 heavy (non-hydrogen) atoms. The molecule has 0 saturated heterocycles. The largest absolute Gasteiger partial charge is 0.454 e. The highest BCUT2D eigenvalue weighted by molar-refractivity contribution is 7.25. The zero-order valence-corrected chi connectivity index (χ0v) is 26.3. The second kappa shape index (κ2) is 10.7. The average molecular weight is 633 g/mol. The third-order valence-electron chi connectivity index (χ3n) is 8.93. The summed E-state index contributed by atoms with van der Waals surface area (Å²) < 4.78 is 9.35. The number of rotatable bonds is 4. The van der Waals surface area contributed by atoms with Gasteiger partial charge in [-0.15, -0.1) is 11.3 Å². The van der Waals surface area contributed by atoms with Gasteiger partial charge >= 0.3 is 0 Å². The highest BCUT2D eigenvalue weighted by atomic mass is 32.1. The Balaban J connectivity index is 1.31. The maximum atomic E-state index is 6.85. The number of para-hydroxylation sites is 1. The summed E-state index contributed by atoms with van der Waals surface area (Å²) >= 11 is 1.81. The molecule has 0 saturated carbocycles. The average Bonchev–Trinajstić information content (AvgIpc) is 3.72. The SMILES string of the molecule is c1ccc(-c2nc(-c3ccccc3)nc(-c3ccc(-c4cccc5sc6ccccc6c45)c4oc5cc6ccccc6nc5c34)n2)cc1. The molecule has 0 bridgehead atoms.